The molecule has 0 amide bonds. The first-order valence-electron chi connectivity index (χ1n) is 3.44. The van der Waals surface area contributed by atoms with Gasteiger partial charge in [0.25, 0.3) is 0 Å². The van der Waals surface area contributed by atoms with Gasteiger partial charge in [0.15, 0.2) is 0 Å². The highest BCUT2D eigenvalue weighted by Crippen LogP contribution is 2.10. The predicted molar refractivity (Wildman–Crippen MR) is 40.4 cm³/mol. The van der Waals surface area contributed by atoms with Gasteiger partial charge in [0.05, 0.1) is 0 Å². The van der Waals surface area contributed by atoms with Gasteiger partial charge >= 0.3 is 7.12 Å². The van der Waals surface area contributed by atoms with Gasteiger partial charge in [-0.3, -0.25) is 0 Å². The van der Waals surface area contributed by atoms with Gasteiger partial charge in [0, 0.05) is 12.0 Å². The summed E-state index contributed by atoms with van der Waals surface area (Å²) < 4.78 is 4.82. The first-order chi connectivity index (χ1) is 5.11. The van der Waals surface area contributed by atoms with Gasteiger partial charge < -0.3 is 14.6 Å². The average Bonchev–Trinajstić information content (AvgIpc) is 2.33. The lowest BCUT2D eigenvalue weighted by Crippen LogP contribution is -2.30. The molecule has 0 radical (unpaired) electrons. The molecule has 1 heterocycles. The van der Waals surface area contributed by atoms with E-state index >= 15 is 0 Å². The van der Waals surface area contributed by atoms with E-state index < -0.39 is 7.12 Å². The first-order valence-corrected chi connectivity index (χ1v) is 3.44. The van der Waals surface area contributed by atoms with Gasteiger partial charge in [-0.2, -0.15) is 0 Å². The van der Waals surface area contributed by atoms with E-state index in [4.69, 9.17) is 14.6 Å². The molecule has 0 unspecified atom stereocenters. The van der Waals surface area contributed by atoms with E-state index in [-0.39, 0.29) is 11.5 Å². The van der Waals surface area contributed by atoms with Crippen LogP contribution in [0.2, 0.25) is 0 Å². The number of hydrogen-bond donors (Lipinski definition) is 2. The van der Waals surface area contributed by atoms with E-state index in [1.54, 1.807) is 0 Å². The minimum absolute atomic E-state index is 0.161. The van der Waals surface area contributed by atoms with Crippen LogP contribution >= 0.6 is 0 Å². The summed E-state index contributed by atoms with van der Waals surface area (Å²) in [6.07, 6.45) is 0. The molecule has 0 aliphatic rings. The van der Waals surface area contributed by atoms with E-state index in [1.807, 2.05) is 13.8 Å². The Balaban J connectivity index is 2.82. The van der Waals surface area contributed by atoms with Crippen molar-refractivity contribution in [2.24, 2.45) is 0 Å². The maximum Gasteiger partial charge on any atom is 0.511 e. The van der Waals surface area contributed by atoms with E-state index in [1.165, 1.54) is 6.07 Å². The van der Waals surface area contributed by atoms with Gasteiger partial charge in [0.1, 0.15) is 11.4 Å². The lowest BCUT2D eigenvalue weighted by molar-refractivity contribution is 0.368. The van der Waals surface area contributed by atoms with Gasteiger partial charge in [-0.1, -0.05) is 19.0 Å². The van der Waals surface area contributed by atoms with Crippen LogP contribution in [0.4, 0.5) is 0 Å². The molecule has 0 fully saturated rings. The molecular weight excluding hydrogens is 145 g/mol. The zero-order valence-electron chi connectivity index (χ0n) is 6.48. The molecule has 0 aliphatic carbocycles. The van der Waals surface area contributed by atoms with E-state index in [0.29, 0.717) is 5.76 Å². The van der Waals surface area contributed by atoms with E-state index in [9.17, 15) is 0 Å². The van der Waals surface area contributed by atoms with Crippen LogP contribution in [0.25, 0.3) is 0 Å². The van der Waals surface area contributed by atoms with Crippen LogP contribution in [0, 0.1) is 0 Å². The molecule has 0 spiro atoms. The van der Waals surface area contributed by atoms with E-state index in [2.05, 4.69) is 5.16 Å². The summed E-state index contributed by atoms with van der Waals surface area (Å²) in [5, 5.41) is 20.8. The standard InChI is InChI=1S/C6H10BNO3/c1-4(2)5-3-6(7(9)10)8-11-5/h3-4,9-10H,1-2H3. The molecule has 0 atom stereocenters. The second-order valence-electron chi connectivity index (χ2n) is 2.68. The molecule has 1 rings (SSSR count). The third kappa shape index (κ3) is 1.81. The van der Waals surface area contributed by atoms with Crippen molar-refractivity contribution in [1.82, 2.24) is 5.16 Å². The molecule has 0 saturated heterocycles. The fraction of sp³-hybridized carbons (Fsp3) is 0.500. The molecule has 4 nitrogen and oxygen atoms in total. The molecule has 0 bridgehead atoms. The molecule has 0 aliphatic heterocycles. The number of hydrogen-bond acceptors (Lipinski definition) is 4. The zero-order valence-corrected chi connectivity index (χ0v) is 6.48. The van der Waals surface area contributed by atoms with Crippen LogP contribution in [0.3, 0.4) is 0 Å². The molecular formula is C6H10BNO3. The highest BCUT2D eigenvalue weighted by molar-refractivity contribution is 6.57. The smallest absolute Gasteiger partial charge is 0.422 e. The summed E-state index contributed by atoms with van der Waals surface area (Å²) in [6.45, 7) is 3.88. The van der Waals surface area contributed by atoms with Crippen LogP contribution < -0.4 is 5.59 Å². The Hall–Kier alpha value is -0.805. The summed E-state index contributed by atoms with van der Waals surface area (Å²) in [6, 6.07) is 1.54. The normalized spacial score (nSPS) is 10.6. The van der Waals surface area contributed by atoms with Crippen molar-refractivity contribution < 1.29 is 14.6 Å². The highest BCUT2D eigenvalue weighted by atomic mass is 16.5. The Labute approximate surface area is 65.0 Å². The zero-order chi connectivity index (χ0) is 8.43. The van der Waals surface area contributed by atoms with Crippen LogP contribution in [0.5, 0.6) is 0 Å². The summed E-state index contributed by atoms with van der Waals surface area (Å²) in [4.78, 5) is 0. The topological polar surface area (TPSA) is 66.5 Å². The van der Waals surface area contributed by atoms with Gasteiger partial charge in [0.2, 0.25) is 0 Å². The van der Waals surface area contributed by atoms with Crippen LogP contribution in [-0.2, 0) is 0 Å². The van der Waals surface area contributed by atoms with Crippen LogP contribution in [-0.4, -0.2) is 22.3 Å². The van der Waals surface area contributed by atoms with Crippen molar-refractivity contribution in [3.8, 4) is 0 Å². The largest absolute Gasteiger partial charge is 0.511 e. The monoisotopic (exact) mass is 155 g/mol. The summed E-state index contributed by atoms with van der Waals surface area (Å²) in [5.74, 6) is 0.878. The van der Waals surface area contributed by atoms with Crippen LogP contribution in [0.15, 0.2) is 10.6 Å². The number of nitrogens with zero attached hydrogens (tertiary/aromatic N) is 1. The van der Waals surface area contributed by atoms with E-state index in [0.717, 1.165) is 0 Å². The Kier molecular flexibility index (Phi) is 2.31. The van der Waals surface area contributed by atoms with Gasteiger partial charge in [-0.15, -0.1) is 0 Å². The second kappa shape index (κ2) is 3.06. The average molecular weight is 155 g/mol. The third-order valence-electron chi connectivity index (χ3n) is 1.38. The maximum atomic E-state index is 8.65. The van der Waals surface area contributed by atoms with Crippen LogP contribution in [0.1, 0.15) is 25.5 Å². The Bertz CT molecular complexity index is 211. The Morgan fingerprint density at radius 1 is 1.55 bits per heavy atom. The lowest BCUT2D eigenvalue weighted by atomic mass is 9.86. The Morgan fingerprint density at radius 2 is 2.18 bits per heavy atom. The predicted octanol–water partition coefficient (Wildman–Crippen LogP) is -0.522. The summed E-state index contributed by atoms with van der Waals surface area (Å²) in [5.41, 5.74) is 0.161. The summed E-state index contributed by atoms with van der Waals surface area (Å²) in [7, 11) is -1.54. The van der Waals surface area contributed by atoms with Gasteiger partial charge in [-0.25, -0.2) is 0 Å². The number of aromatic nitrogens is 1. The van der Waals surface area contributed by atoms with Crippen molar-refractivity contribution in [1.29, 1.82) is 0 Å². The number of rotatable bonds is 2. The fourth-order valence-electron chi connectivity index (χ4n) is 0.698. The molecule has 11 heavy (non-hydrogen) atoms. The molecule has 5 heteroatoms. The quantitative estimate of drug-likeness (QED) is 0.563. The first kappa shape index (κ1) is 8.29. The highest BCUT2D eigenvalue weighted by Gasteiger charge is 2.17. The van der Waals surface area contributed by atoms with Gasteiger partial charge in [-0.05, 0) is 0 Å². The lowest BCUT2D eigenvalue weighted by Gasteiger charge is -1.93. The minimum atomic E-state index is -1.54. The molecule has 1 aromatic rings. The third-order valence-corrected chi connectivity index (χ3v) is 1.38. The molecule has 0 saturated carbocycles. The van der Waals surface area contributed by atoms with Crippen molar-refractivity contribution in [3.63, 3.8) is 0 Å². The second-order valence-corrected chi connectivity index (χ2v) is 2.68. The van der Waals surface area contributed by atoms with Crippen molar-refractivity contribution in [2.75, 3.05) is 0 Å². The molecule has 0 aromatic carbocycles. The summed E-state index contributed by atoms with van der Waals surface area (Å²) >= 11 is 0. The molecule has 1 aromatic heterocycles. The van der Waals surface area contributed by atoms with Crippen molar-refractivity contribution in [2.45, 2.75) is 19.8 Å². The minimum Gasteiger partial charge on any atom is -0.422 e. The fourth-order valence-corrected chi connectivity index (χ4v) is 0.698. The Morgan fingerprint density at radius 3 is 2.45 bits per heavy atom. The maximum absolute atomic E-state index is 8.65. The van der Waals surface area contributed by atoms with Crippen molar-refractivity contribution >= 4 is 12.7 Å². The SMILES string of the molecule is CC(C)c1cc(B(O)O)no1. The van der Waals surface area contributed by atoms with Crippen molar-refractivity contribution in [3.05, 3.63) is 11.8 Å². The molecule has 2 N–H and O–H groups in total. The molecule has 60 valence electrons.